The molecule has 2 rings (SSSR count). The normalized spacial score (nSPS) is 10.2. The predicted molar refractivity (Wildman–Crippen MR) is 82.3 cm³/mol. The molecule has 2 aromatic rings. The van der Waals surface area contributed by atoms with Crippen LogP contribution in [0.2, 0.25) is 0 Å². The molecule has 1 aromatic heterocycles. The average Bonchev–Trinajstić information content (AvgIpc) is 2.88. The molecule has 21 heavy (non-hydrogen) atoms. The number of anilines is 2. The Morgan fingerprint density at radius 3 is 2.62 bits per heavy atom. The number of nitrogen functional groups attached to an aromatic ring is 1. The van der Waals surface area contributed by atoms with Crippen molar-refractivity contribution < 1.29 is 9.59 Å². The Morgan fingerprint density at radius 2 is 1.95 bits per heavy atom. The van der Waals surface area contributed by atoms with Gasteiger partial charge in [0, 0.05) is 19.8 Å². The molecular weight excluding hydrogens is 268 g/mol. The smallest absolute Gasteiger partial charge is 0.272 e. The minimum Gasteiger partial charge on any atom is -0.397 e. The number of nitrogens with two attached hydrogens (primary N) is 1. The maximum Gasteiger partial charge on any atom is 0.272 e. The second-order valence-corrected chi connectivity index (χ2v) is 4.52. The highest BCUT2D eigenvalue weighted by Gasteiger charge is 2.15. The topological polar surface area (TPSA) is 89.2 Å². The van der Waals surface area contributed by atoms with Crippen LogP contribution >= 0.6 is 0 Å². The molecule has 0 radical (unpaired) electrons. The lowest BCUT2D eigenvalue weighted by molar-refractivity contribution is 0.0964. The van der Waals surface area contributed by atoms with Crippen molar-refractivity contribution in [1.29, 1.82) is 0 Å². The Kier molecular flexibility index (Phi) is 4.27. The van der Waals surface area contributed by atoms with E-state index in [2.05, 4.69) is 10.6 Å². The lowest BCUT2D eigenvalue weighted by Crippen LogP contribution is -2.22. The van der Waals surface area contributed by atoms with Gasteiger partial charge in [0.15, 0.2) is 0 Å². The van der Waals surface area contributed by atoms with E-state index < -0.39 is 0 Å². The summed E-state index contributed by atoms with van der Waals surface area (Å²) < 4.78 is 1.76. The van der Waals surface area contributed by atoms with Crippen LogP contribution in [0.15, 0.2) is 36.5 Å². The number of carbonyl (C=O) groups is 2. The SMILES string of the molecule is CCn1cc(N)cc1C(=O)Nc1ccccc1C(=O)NC. The molecule has 6 heteroatoms. The minimum atomic E-state index is -0.301. The summed E-state index contributed by atoms with van der Waals surface area (Å²) in [4.78, 5) is 24.1. The zero-order valence-corrected chi connectivity index (χ0v) is 12.0. The molecule has 0 spiro atoms. The first-order valence-corrected chi connectivity index (χ1v) is 6.65. The van der Waals surface area contributed by atoms with Gasteiger partial charge in [-0.05, 0) is 25.1 Å². The molecule has 0 saturated heterocycles. The molecule has 0 saturated carbocycles. The van der Waals surface area contributed by atoms with Crippen LogP contribution in [0, 0.1) is 0 Å². The molecule has 0 fully saturated rings. The van der Waals surface area contributed by atoms with Crippen molar-refractivity contribution in [2.45, 2.75) is 13.5 Å². The molecule has 6 nitrogen and oxygen atoms in total. The minimum absolute atomic E-state index is 0.253. The summed E-state index contributed by atoms with van der Waals surface area (Å²) in [5.41, 5.74) is 7.59. The first-order valence-electron chi connectivity index (χ1n) is 6.65. The first-order chi connectivity index (χ1) is 10.1. The van der Waals surface area contributed by atoms with Gasteiger partial charge in [0.1, 0.15) is 5.69 Å². The van der Waals surface area contributed by atoms with Crippen molar-refractivity contribution in [3.63, 3.8) is 0 Å². The van der Waals surface area contributed by atoms with Gasteiger partial charge < -0.3 is 20.9 Å². The van der Waals surface area contributed by atoms with E-state index in [1.807, 2.05) is 6.92 Å². The van der Waals surface area contributed by atoms with Crippen molar-refractivity contribution >= 4 is 23.2 Å². The second kappa shape index (κ2) is 6.13. The van der Waals surface area contributed by atoms with Gasteiger partial charge in [0.05, 0.1) is 16.9 Å². The first kappa shape index (κ1) is 14.6. The molecule has 4 N–H and O–H groups in total. The number of hydrogen-bond acceptors (Lipinski definition) is 3. The third-order valence-corrected chi connectivity index (χ3v) is 3.14. The van der Waals surface area contributed by atoms with Crippen LogP contribution < -0.4 is 16.4 Å². The second-order valence-electron chi connectivity index (χ2n) is 4.52. The van der Waals surface area contributed by atoms with E-state index in [9.17, 15) is 9.59 Å². The summed E-state index contributed by atoms with van der Waals surface area (Å²) in [6.07, 6.45) is 1.71. The molecule has 2 amide bonds. The Hall–Kier alpha value is -2.76. The Balaban J connectivity index is 2.30. The van der Waals surface area contributed by atoms with Gasteiger partial charge >= 0.3 is 0 Å². The van der Waals surface area contributed by atoms with Crippen LogP contribution in [0.25, 0.3) is 0 Å². The summed E-state index contributed by atoms with van der Waals surface area (Å²) in [7, 11) is 1.55. The average molecular weight is 286 g/mol. The molecule has 0 aliphatic rings. The molecule has 0 atom stereocenters. The fourth-order valence-electron chi connectivity index (χ4n) is 2.10. The number of nitrogens with one attached hydrogen (secondary N) is 2. The van der Waals surface area contributed by atoms with Crippen LogP contribution in [0.5, 0.6) is 0 Å². The highest BCUT2D eigenvalue weighted by atomic mass is 16.2. The zero-order valence-electron chi connectivity index (χ0n) is 12.0. The van der Waals surface area contributed by atoms with Gasteiger partial charge in [-0.3, -0.25) is 9.59 Å². The highest BCUT2D eigenvalue weighted by molar-refractivity contribution is 6.08. The van der Waals surface area contributed by atoms with Crippen molar-refractivity contribution in [3.05, 3.63) is 47.8 Å². The van der Waals surface area contributed by atoms with Gasteiger partial charge in [0.25, 0.3) is 11.8 Å². The zero-order chi connectivity index (χ0) is 15.4. The molecule has 1 aromatic carbocycles. The lowest BCUT2D eigenvalue weighted by Gasteiger charge is -2.11. The van der Waals surface area contributed by atoms with Gasteiger partial charge in [-0.2, -0.15) is 0 Å². The number of carbonyl (C=O) groups excluding carboxylic acids is 2. The van der Waals surface area contributed by atoms with Crippen LogP contribution in [0.3, 0.4) is 0 Å². The van der Waals surface area contributed by atoms with Crippen LogP contribution in [0.1, 0.15) is 27.8 Å². The molecular formula is C15H18N4O2. The predicted octanol–water partition coefficient (Wildman–Crippen LogP) is 1.70. The van der Waals surface area contributed by atoms with Gasteiger partial charge in [-0.1, -0.05) is 12.1 Å². The number of para-hydroxylation sites is 1. The summed E-state index contributed by atoms with van der Waals surface area (Å²) >= 11 is 0. The monoisotopic (exact) mass is 286 g/mol. The van der Waals surface area contributed by atoms with E-state index in [1.54, 1.807) is 48.1 Å². The molecule has 0 unspecified atom stereocenters. The number of benzene rings is 1. The van der Waals surface area contributed by atoms with Crippen molar-refractivity contribution in [1.82, 2.24) is 9.88 Å². The Morgan fingerprint density at radius 1 is 1.24 bits per heavy atom. The maximum atomic E-state index is 12.4. The molecule has 110 valence electrons. The maximum absolute atomic E-state index is 12.4. The number of nitrogens with zero attached hydrogens (tertiary/aromatic N) is 1. The lowest BCUT2D eigenvalue weighted by atomic mass is 10.1. The van der Waals surface area contributed by atoms with Crippen molar-refractivity contribution in [2.24, 2.45) is 0 Å². The van der Waals surface area contributed by atoms with Gasteiger partial charge in [0.2, 0.25) is 0 Å². The van der Waals surface area contributed by atoms with Crippen LogP contribution in [-0.2, 0) is 6.54 Å². The fraction of sp³-hybridized carbons (Fsp3) is 0.200. The highest BCUT2D eigenvalue weighted by Crippen LogP contribution is 2.18. The number of aromatic nitrogens is 1. The third kappa shape index (κ3) is 3.05. The van der Waals surface area contributed by atoms with E-state index in [0.29, 0.717) is 29.2 Å². The number of amides is 2. The van der Waals surface area contributed by atoms with Crippen molar-refractivity contribution in [3.8, 4) is 0 Å². The number of hydrogen-bond donors (Lipinski definition) is 3. The Bertz CT molecular complexity index is 676. The quantitative estimate of drug-likeness (QED) is 0.799. The summed E-state index contributed by atoms with van der Waals surface area (Å²) in [5, 5.41) is 5.30. The van der Waals surface area contributed by atoms with Crippen LogP contribution in [-0.4, -0.2) is 23.4 Å². The largest absolute Gasteiger partial charge is 0.397 e. The Labute approximate surface area is 122 Å². The summed E-state index contributed by atoms with van der Waals surface area (Å²) in [6, 6.07) is 8.45. The van der Waals surface area contributed by atoms with E-state index in [0.717, 1.165) is 0 Å². The van der Waals surface area contributed by atoms with E-state index in [1.165, 1.54) is 0 Å². The van der Waals surface area contributed by atoms with E-state index in [4.69, 9.17) is 5.73 Å². The van der Waals surface area contributed by atoms with Crippen molar-refractivity contribution in [2.75, 3.05) is 18.1 Å². The van der Waals surface area contributed by atoms with Gasteiger partial charge in [-0.25, -0.2) is 0 Å². The summed E-state index contributed by atoms with van der Waals surface area (Å²) in [5.74, 6) is -0.554. The summed E-state index contributed by atoms with van der Waals surface area (Å²) in [6.45, 7) is 2.56. The van der Waals surface area contributed by atoms with Gasteiger partial charge in [-0.15, -0.1) is 0 Å². The fourth-order valence-corrected chi connectivity index (χ4v) is 2.10. The van der Waals surface area contributed by atoms with Crippen LogP contribution in [0.4, 0.5) is 11.4 Å². The molecule has 0 aliphatic heterocycles. The number of rotatable bonds is 4. The van der Waals surface area contributed by atoms with E-state index >= 15 is 0 Å². The van der Waals surface area contributed by atoms with E-state index in [-0.39, 0.29) is 11.8 Å². The number of aryl methyl sites for hydroxylation is 1. The molecule has 0 aliphatic carbocycles. The molecule has 0 bridgehead atoms. The molecule has 1 heterocycles. The third-order valence-electron chi connectivity index (χ3n) is 3.14. The standard InChI is InChI=1S/C15H18N4O2/c1-3-19-9-10(16)8-13(19)15(21)18-12-7-5-4-6-11(12)14(20)17-2/h4-9H,3,16H2,1-2H3,(H,17,20)(H,18,21).